The third-order valence-corrected chi connectivity index (χ3v) is 7.48. The number of anilines is 1. The van der Waals surface area contributed by atoms with Gasteiger partial charge in [0.15, 0.2) is 0 Å². The van der Waals surface area contributed by atoms with Gasteiger partial charge in [-0.3, -0.25) is 14.6 Å². The maximum atomic E-state index is 13.2. The number of aromatic nitrogens is 1. The molecule has 35 heavy (non-hydrogen) atoms. The monoisotopic (exact) mass is 478 g/mol. The fourth-order valence-corrected chi connectivity index (χ4v) is 5.42. The Hall–Kier alpha value is -3.17. The molecule has 0 saturated carbocycles. The normalized spacial score (nSPS) is 23.4. The summed E-state index contributed by atoms with van der Waals surface area (Å²) in [5, 5.41) is 0. The van der Waals surface area contributed by atoms with E-state index in [9.17, 15) is 9.59 Å². The Morgan fingerprint density at radius 3 is 2.29 bits per heavy atom. The van der Waals surface area contributed by atoms with Crippen LogP contribution in [0.25, 0.3) is 0 Å². The second-order valence-corrected chi connectivity index (χ2v) is 9.49. The molecule has 186 valence electrons. The molecule has 3 aliphatic heterocycles. The molecule has 2 N–H and O–H groups in total. The van der Waals surface area contributed by atoms with E-state index >= 15 is 0 Å². The zero-order valence-electron chi connectivity index (χ0n) is 20.2. The quantitative estimate of drug-likeness (QED) is 0.675. The van der Waals surface area contributed by atoms with Gasteiger partial charge in [-0.1, -0.05) is 12.1 Å². The van der Waals surface area contributed by atoms with Crippen molar-refractivity contribution in [3.05, 3.63) is 54.4 Å². The largest absolute Gasteiger partial charge is 0.495 e. The number of carbonyl (C=O) groups is 2. The van der Waals surface area contributed by atoms with E-state index in [-0.39, 0.29) is 29.8 Å². The van der Waals surface area contributed by atoms with Crippen molar-refractivity contribution >= 4 is 17.5 Å². The Bertz CT molecular complexity index is 1020. The van der Waals surface area contributed by atoms with Crippen molar-refractivity contribution in [2.75, 3.05) is 51.3 Å². The molecule has 9 heteroatoms. The van der Waals surface area contributed by atoms with Gasteiger partial charge in [0.2, 0.25) is 11.8 Å². The lowest BCUT2D eigenvalue weighted by atomic mass is 9.94. The van der Waals surface area contributed by atoms with Crippen molar-refractivity contribution in [1.82, 2.24) is 25.6 Å². The van der Waals surface area contributed by atoms with Crippen LogP contribution in [0.4, 0.5) is 5.69 Å². The molecule has 1 aromatic carbocycles. The number of amides is 2. The first-order valence-electron chi connectivity index (χ1n) is 12.5. The van der Waals surface area contributed by atoms with Gasteiger partial charge in [-0.2, -0.15) is 0 Å². The highest BCUT2D eigenvalue weighted by Gasteiger charge is 2.36. The number of ether oxygens (including phenoxy) is 1. The van der Waals surface area contributed by atoms with Crippen LogP contribution in [0, 0.1) is 5.92 Å². The van der Waals surface area contributed by atoms with Crippen molar-refractivity contribution in [3.8, 4) is 5.75 Å². The highest BCUT2D eigenvalue weighted by molar-refractivity contribution is 5.83. The molecule has 0 radical (unpaired) electrons. The van der Waals surface area contributed by atoms with Gasteiger partial charge in [-0.25, -0.2) is 10.9 Å². The van der Waals surface area contributed by atoms with E-state index in [4.69, 9.17) is 4.74 Å². The first-order valence-corrected chi connectivity index (χ1v) is 12.5. The molecule has 0 aliphatic carbocycles. The standard InChI is InChI=1S/C26H34N6O3/c1-35-24-5-3-2-4-23(24)30-14-16-32(17-15-30)25(33)20-8-12-31(13-9-20)26(34)22-18-21(28-29-22)19-6-10-27-11-7-19/h2-7,10-11,20-22,28-29H,8-9,12-18H2,1H3. The fourth-order valence-electron chi connectivity index (χ4n) is 5.42. The Morgan fingerprint density at radius 2 is 1.57 bits per heavy atom. The number of pyridine rings is 1. The topological polar surface area (TPSA) is 90.0 Å². The van der Waals surface area contributed by atoms with E-state index in [0.29, 0.717) is 32.6 Å². The molecule has 9 nitrogen and oxygen atoms in total. The van der Waals surface area contributed by atoms with Crippen molar-refractivity contribution in [2.45, 2.75) is 31.3 Å². The number of methoxy groups -OCH3 is 1. The summed E-state index contributed by atoms with van der Waals surface area (Å²) >= 11 is 0. The fraction of sp³-hybridized carbons (Fsp3) is 0.500. The van der Waals surface area contributed by atoms with Gasteiger partial charge >= 0.3 is 0 Å². The number of nitrogens with zero attached hydrogens (tertiary/aromatic N) is 4. The maximum absolute atomic E-state index is 13.2. The first kappa shape index (κ1) is 23.6. The number of rotatable bonds is 5. The van der Waals surface area contributed by atoms with Gasteiger partial charge in [0.1, 0.15) is 11.8 Å². The molecule has 0 spiro atoms. The van der Waals surface area contributed by atoms with Gasteiger partial charge in [-0.05, 0) is 49.1 Å². The van der Waals surface area contributed by atoms with Gasteiger partial charge in [-0.15, -0.1) is 0 Å². The van der Waals surface area contributed by atoms with E-state index in [1.807, 2.05) is 40.1 Å². The summed E-state index contributed by atoms with van der Waals surface area (Å²) in [6.07, 6.45) is 5.70. The molecule has 3 fully saturated rings. The SMILES string of the molecule is COc1ccccc1N1CCN(C(=O)C2CCN(C(=O)C3CC(c4ccncc4)NN3)CC2)CC1. The van der Waals surface area contributed by atoms with Crippen molar-refractivity contribution in [3.63, 3.8) is 0 Å². The van der Waals surface area contributed by atoms with Crippen LogP contribution in [0.2, 0.25) is 0 Å². The van der Waals surface area contributed by atoms with Crippen molar-refractivity contribution in [1.29, 1.82) is 0 Å². The Morgan fingerprint density at radius 1 is 0.886 bits per heavy atom. The molecule has 2 unspecified atom stereocenters. The van der Waals surface area contributed by atoms with Crippen LogP contribution >= 0.6 is 0 Å². The predicted octanol–water partition coefficient (Wildman–Crippen LogP) is 1.59. The average Bonchev–Trinajstić information content (AvgIpc) is 3.43. The van der Waals surface area contributed by atoms with Crippen LogP contribution in [0.3, 0.4) is 0 Å². The van der Waals surface area contributed by atoms with Crippen LogP contribution in [0.15, 0.2) is 48.8 Å². The molecule has 3 saturated heterocycles. The van der Waals surface area contributed by atoms with Crippen LogP contribution in [0.5, 0.6) is 5.75 Å². The average molecular weight is 479 g/mol. The van der Waals surface area contributed by atoms with Crippen LogP contribution in [-0.4, -0.2) is 79.0 Å². The van der Waals surface area contributed by atoms with Gasteiger partial charge < -0.3 is 19.4 Å². The highest BCUT2D eigenvalue weighted by Crippen LogP contribution is 2.29. The highest BCUT2D eigenvalue weighted by atomic mass is 16.5. The maximum Gasteiger partial charge on any atom is 0.241 e. The molecule has 2 aromatic rings. The summed E-state index contributed by atoms with van der Waals surface area (Å²) in [6.45, 7) is 4.28. The van der Waals surface area contributed by atoms with Gasteiger partial charge in [0.05, 0.1) is 12.8 Å². The number of hydrazine groups is 1. The number of benzene rings is 1. The second-order valence-electron chi connectivity index (χ2n) is 9.49. The van der Waals surface area contributed by atoms with Gasteiger partial charge in [0.25, 0.3) is 0 Å². The minimum atomic E-state index is -0.247. The minimum Gasteiger partial charge on any atom is -0.495 e. The molecule has 2 amide bonds. The molecular formula is C26H34N6O3. The summed E-state index contributed by atoms with van der Waals surface area (Å²) < 4.78 is 5.50. The lowest BCUT2D eigenvalue weighted by Crippen LogP contribution is -2.53. The van der Waals surface area contributed by atoms with Crippen molar-refractivity contribution in [2.24, 2.45) is 5.92 Å². The summed E-state index contributed by atoms with van der Waals surface area (Å²) in [4.78, 5) is 36.5. The number of nitrogens with one attached hydrogen (secondary N) is 2. The molecule has 1 aromatic heterocycles. The molecule has 5 rings (SSSR count). The Labute approximate surface area is 206 Å². The number of likely N-dealkylation sites (tertiary alicyclic amines) is 1. The number of para-hydroxylation sites is 2. The number of hydrogen-bond acceptors (Lipinski definition) is 7. The number of carbonyl (C=O) groups excluding carboxylic acids is 2. The summed E-state index contributed by atoms with van der Waals surface area (Å²) in [5.74, 6) is 1.21. The summed E-state index contributed by atoms with van der Waals surface area (Å²) in [7, 11) is 1.69. The van der Waals surface area contributed by atoms with Crippen molar-refractivity contribution < 1.29 is 14.3 Å². The van der Waals surface area contributed by atoms with E-state index in [0.717, 1.165) is 42.9 Å². The molecule has 3 aliphatic rings. The van der Waals surface area contributed by atoms with E-state index in [2.05, 4.69) is 26.8 Å². The van der Waals surface area contributed by atoms with Gasteiger partial charge in [0, 0.05) is 63.6 Å². The summed E-state index contributed by atoms with van der Waals surface area (Å²) in [5.41, 5.74) is 8.60. The third kappa shape index (κ3) is 5.11. The zero-order valence-corrected chi connectivity index (χ0v) is 20.2. The number of hydrogen-bond donors (Lipinski definition) is 2. The smallest absolute Gasteiger partial charge is 0.241 e. The first-order chi connectivity index (χ1) is 17.1. The second kappa shape index (κ2) is 10.6. The minimum absolute atomic E-state index is 0.00362. The molecule has 0 bridgehead atoms. The van der Waals surface area contributed by atoms with Crippen LogP contribution < -0.4 is 20.5 Å². The number of piperazine rings is 1. The van der Waals surface area contributed by atoms with Crippen LogP contribution in [-0.2, 0) is 9.59 Å². The summed E-state index contributed by atoms with van der Waals surface area (Å²) in [6, 6.07) is 11.8. The molecule has 4 heterocycles. The molecular weight excluding hydrogens is 444 g/mol. The lowest BCUT2D eigenvalue weighted by Gasteiger charge is -2.39. The predicted molar refractivity (Wildman–Crippen MR) is 133 cm³/mol. The number of piperidine rings is 1. The Balaban J connectivity index is 1.09. The third-order valence-electron chi connectivity index (χ3n) is 7.48. The lowest BCUT2D eigenvalue weighted by molar-refractivity contribution is -0.141. The Kier molecular flexibility index (Phi) is 7.15. The van der Waals surface area contributed by atoms with E-state index in [1.165, 1.54) is 0 Å². The van der Waals surface area contributed by atoms with E-state index in [1.54, 1.807) is 19.5 Å². The zero-order chi connectivity index (χ0) is 24.2. The van der Waals surface area contributed by atoms with Crippen LogP contribution in [0.1, 0.15) is 30.9 Å². The van der Waals surface area contributed by atoms with E-state index < -0.39 is 0 Å². The molecule has 2 atom stereocenters.